The Kier molecular flexibility index (Phi) is 4.20. The molecule has 2 aromatic rings. The molecule has 0 bridgehead atoms. The second kappa shape index (κ2) is 6.07. The Hall–Kier alpha value is -2.01. The Labute approximate surface area is 104 Å². The topological polar surface area (TPSA) is 44.2 Å². The van der Waals surface area contributed by atoms with Crippen molar-refractivity contribution in [3.05, 3.63) is 42.5 Å². The van der Waals surface area contributed by atoms with Crippen molar-refractivity contribution < 1.29 is 13.9 Å². The minimum Gasteiger partial charge on any atom is -0.464 e. The summed E-state index contributed by atoms with van der Waals surface area (Å²) in [6.45, 7) is 2.65. The summed E-state index contributed by atoms with van der Waals surface area (Å²) in [6.07, 6.45) is 3.12. The number of ether oxygens (including phenoxy) is 2. The summed E-state index contributed by atoms with van der Waals surface area (Å²) in [5.41, 5.74) is 0.757. The molecule has 0 fully saturated rings. The van der Waals surface area contributed by atoms with E-state index in [1.54, 1.807) is 24.5 Å². The predicted octanol–water partition coefficient (Wildman–Crippen LogP) is 2.66. The van der Waals surface area contributed by atoms with Gasteiger partial charge in [0.05, 0.1) is 12.4 Å². The van der Waals surface area contributed by atoms with E-state index in [0.29, 0.717) is 18.2 Å². The molecule has 1 aromatic carbocycles. The van der Waals surface area contributed by atoms with E-state index in [9.17, 15) is 4.39 Å². The molecule has 1 heterocycles. The van der Waals surface area contributed by atoms with Crippen molar-refractivity contribution in [2.75, 3.05) is 13.4 Å². The molecular formula is C13H13FN2O2. The number of hydrogen-bond acceptors (Lipinski definition) is 4. The highest BCUT2D eigenvalue weighted by Crippen LogP contribution is 2.16. The average Bonchev–Trinajstić information content (AvgIpc) is 2.41. The van der Waals surface area contributed by atoms with Crippen LogP contribution in [-0.2, 0) is 4.74 Å². The zero-order valence-corrected chi connectivity index (χ0v) is 9.97. The van der Waals surface area contributed by atoms with Gasteiger partial charge in [-0.25, -0.2) is 14.4 Å². The van der Waals surface area contributed by atoms with E-state index in [1.165, 1.54) is 12.1 Å². The fourth-order valence-corrected chi connectivity index (χ4v) is 1.33. The normalized spacial score (nSPS) is 10.3. The molecule has 0 aliphatic rings. The molecule has 0 unspecified atom stereocenters. The monoisotopic (exact) mass is 248 g/mol. The fourth-order valence-electron chi connectivity index (χ4n) is 1.33. The second-order valence-corrected chi connectivity index (χ2v) is 3.50. The van der Waals surface area contributed by atoms with Crippen molar-refractivity contribution in [3.63, 3.8) is 0 Å². The van der Waals surface area contributed by atoms with Gasteiger partial charge in [-0.15, -0.1) is 0 Å². The van der Waals surface area contributed by atoms with E-state index in [-0.39, 0.29) is 12.6 Å². The van der Waals surface area contributed by atoms with Gasteiger partial charge in [-0.1, -0.05) is 0 Å². The zero-order chi connectivity index (χ0) is 12.8. The second-order valence-electron chi connectivity index (χ2n) is 3.50. The van der Waals surface area contributed by atoms with E-state index in [2.05, 4.69) is 9.97 Å². The first-order valence-corrected chi connectivity index (χ1v) is 5.58. The standard InChI is InChI=1S/C13H13FN2O2/c1-2-17-9-18-12-7-15-13(16-8-12)10-3-5-11(14)6-4-10/h3-8H,2,9H2,1H3. The maximum absolute atomic E-state index is 12.8. The molecule has 0 N–H and O–H groups in total. The van der Waals surface area contributed by atoms with Crippen molar-refractivity contribution in [1.82, 2.24) is 9.97 Å². The van der Waals surface area contributed by atoms with Crippen LogP contribution in [0.15, 0.2) is 36.7 Å². The van der Waals surface area contributed by atoms with Crippen molar-refractivity contribution >= 4 is 0 Å². The molecule has 0 saturated heterocycles. The Morgan fingerprint density at radius 2 is 1.78 bits per heavy atom. The Bertz CT molecular complexity index is 485. The lowest BCUT2D eigenvalue weighted by atomic mass is 10.2. The van der Waals surface area contributed by atoms with Crippen LogP contribution in [0.1, 0.15) is 6.92 Å². The molecule has 1 aromatic heterocycles. The van der Waals surface area contributed by atoms with Crippen molar-refractivity contribution in [2.45, 2.75) is 6.92 Å². The van der Waals surface area contributed by atoms with Crippen LogP contribution in [0.2, 0.25) is 0 Å². The Morgan fingerprint density at radius 1 is 1.11 bits per heavy atom. The molecule has 0 atom stereocenters. The zero-order valence-electron chi connectivity index (χ0n) is 9.97. The highest BCUT2D eigenvalue weighted by molar-refractivity contribution is 5.54. The van der Waals surface area contributed by atoms with Crippen LogP contribution in [0.5, 0.6) is 5.75 Å². The number of halogens is 1. The molecule has 18 heavy (non-hydrogen) atoms. The third-order valence-corrected chi connectivity index (χ3v) is 2.24. The highest BCUT2D eigenvalue weighted by atomic mass is 19.1. The van der Waals surface area contributed by atoms with Crippen LogP contribution in [0.3, 0.4) is 0 Å². The van der Waals surface area contributed by atoms with Gasteiger partial charge in [-0.05, 0) is 31.2 Å². The lowest BCUT2D eigenvalue weighted by Gasteiger charge is -2.05. The van der Waals surface area contributed by atoms with Gasteiger partial charge >= 0.3 is 0 Å². The van der Waals surface area contributed by atoms with Gasteiger partial charge in [0, 0.05) is 12.2 Å². The van der Waals surface area contributed by atoms with Crippen LogP contribution in [0, 0.1) is 5.82 Å². The van der Waals surface area contributed by atoms with E-state index in [4.69, 9.17) is 9.47 Å². The summed E-state index contributed by atoms with van der Waals surface area (Å²) in [5, 5.41) is 0. The molecule has 0 radical (unpaired) electrons. The van der Waals surface area contributed by atoms with Gasteiger partial charge in [0.1, 0.15) is 5.82 Å². The highest BCUT2D eigenvalue weighted by Gasteiger charge is 2.02. The molecule has 94 valence electrons. The minimum atomic E-state index is -0.282. The number of aromatic nitrogens is 2. The van der Waals surface area contributed by atoms with Crippen molar-refractivity contribution in [2.24, 2.45) is 0 Å². The fraction of sp³-hybridized carbons (Fsp3) is 0.231. The third-order valence-electron chi connectivity index (χ3n) is 2.24. The molecule has 4 nitrogen and oxygen atoms in total. The lowest BCUT2D eigenvalue weighted by Crippen LogP contribution is -2.02. The van der Waals surface area contributed by atoms with Crippen LogP contribution in [0.4, 0.5) is 4.39 Å². The van der Waals surface area contributed by atoms with Crippen LogP contribution < -0.4 is 4.74 Å². The molecular weight excluding hydrogens is 235 g/mol. The smallest absolute Gasteiger partial charge is 0.189 e. The summed E-state index contributed by atoms with van der Waals surface area (Å²) in [7, 11) is 0. The molecule has 2 rings (SSSR count). The van der Waals surface area contributed by atoms with Gasteiger partial charge in [0.25, 0.3) is 0 Å². The van der Waals surface area contributed by atoms with Gasteiger partial charge in [0.2, 0.25) is 0 Å². The summed E-state index contributed by atoms with van der Waals surface area (Å²) in [4.78, 5) is 8.29. The number of rotatable bonds is 5. The maximum atomic E-state index is 12.8. The van der Waals surface area contributed by atoms with E-state index >= 15 is 0 Å². The first kappa shape index (κ1) is 12.4. The SMILES string of the molecule is CCOCOc1cnc(-c2ccc(F)cc2)nc1. The van der Waals surface area contributed by atoms with Gasteiger partial charge < -0.3 is 9.47 Å². The largest absolute Gasteiger partial charge is 0.464 e. The number of nitrogens with zero attached hydrogens (tertiary/aromatic N) is 2. The first-order valence-electron chi connectivity index (χ1n) is 5.58. The quantitative estimate of drug-likeness (QED) is 0.602. The van der Waals surface area contributed by atoms with E-state index < -0.39 is 0 Å². The van der Waals surface area contributed by atoms with Crippen LogP contribution in [0.25, 0.3) is 11.4 Å². The van der Waals surface area contributed by atoms with Crippen LogP contribution in [-0.4, -0.2) is 23.4 Å². The summed E-state index contributed by atoms with van der Waals surface area (Å²) >= 11 is 0. The predicted molar refractivity (Wildman–Crippen MR) is 64.5 cm³/mol. The summed E-state index contributed by atoms with van der Waals surface area (Å²) in [5.74, 6) is 0.781. The summed E-state index contributed by atoms with van der Waals surface area (Å²) < 4.78 is 23.1. The molecule has 0 amide bonds. The van der Waals surface area contributed by atoms with Crippen molar-refractivity contribution in [1.29, 1.82) is 0 Å². The van der Waals surface area contributed by atoms with Gasteiger partial charge in [-0.3, -0.25) is 0 Å². The van der Waals surface area contributed by atoms with Crippen molar-refractivity contribution in [3.8, 4) is 17.1 Å². The lowest BCUT2D eigenvalue weighted by molar-refractivity contribution is 0.0220. The van der Waals surface area contributed by atoms with E-state index in [0.717, 1.165) is 5.56 Å². The molecule has 0 spiro atoms. The minimum absolute atomic E-state index is 0.176. The molecule has 0 saturated carbocycles. The number of hydrogen-bond donors (Lipinski definition) is 0. The maximum Gasteiger partial charge on any atom is 0.189 e. The average molecular weight is 248 g/mol. The van der Waals surface area contributed by atoms with Gasteiger partial charge in [-0.2, -0.15) is 0 Å². The Balaban J connectivity index is 2.05. The van der Waals surface area contributed by atoms with Gasteiger partial charge in [0.15, 0.2) is 18.4 Å². The molecule has 5 heteroatoms. The third kappa shape index (κ3) is 3.24. The Morgan fingerprint density at radius 3 is 2.39 bits per heavy atom. The van der Waals surface area contributed by atoms with E-state index in [1.807, 2.05) is 6.92 Å². The van der Waals surface area contributed by atoms with Crippen LogP contribution >= 0.6 is 0 Å². The summed E-state index contributed by atoms with van der Waals surface area (Å²) in [6, 6.07) is 6.01. The molecule has 0 aliphatic heterocycles. The first-order chi connectivity index (χ1) is 8.79. The molecule has 0 aliphatic carbocycles. The number of benzene rings is 1.